The third kappa shape index (κ3) is 22.4. The van der Waals surface area contributed by atoms with Gasteiger partial charge in [-0.05, 0) is 89.6 Å². The lowest BCUT2D eigenvalue weighted by atomic mass is 10.2. The normalized spacial score (nSPS) is 14.9. The average molecular weight is 631 g/mol. The maximum Gasteiger partial charge on any atom is 0.252 e. The molecule has 1 aliphatic heterocycles. The van der Waals surface area contributed by atoms with Gasteiger partial charge in [0.15, 0.2) is 0 Å². The van der Waals surface area contributed by atoms with Crippen LogP contribution in [0.3, 0.4) is 0 Å². The highest BCUT2D eigenvalue weighted by atomic mass is 16.1. The zero-order valence-electron chi connectivity index (χ0n) is 28.6. The van der Waals surface area contributed by atoms with E-state index in [2.05, 4.69) is 111 Å². The smallest absolute Gasteiger partial charge is 0.252 e. The van der Waals surface area contributed by atoms with E-state index in [1.54, 1.807) is 24.5 Å². The van der Waals surface area contributed by atoms with E-state index >= 15 is 0 Å². The van der Waals surface area contributed by atoms with Crippen molar-refractivity contribution < 1.29 is 4.79 Å². The number of carbonyl (C=O) groups excluding carboxylic acids is 1. The largest absolute Gasteiger partial charge is 0.351 e. The highest BCUT2D eigenvalue weighted by Crippen LogP contribution is 2.00. The fourth-order valence-electron chi connectivity index (χ4n) is 5.06. The molecule has 0 radical (unpaired) electrons. The molecule has 2 heterocycles. The Labute approximate surface area is 280 Å². The van der Waals surface area contributed by atoms with Crippen molar-refractivity contribution in [2.45, 2.75) is 64.7 Å². The number of nitrogens with zero attached hydrogens (tertiary/aromatic N) is 3. The van der Waals surface area contributed by atoms with Gasteiger partial charge in [0.05, 0.1) is 5.56 Å². The highest BCUT2D eigenvalue weighted by molar-refractivity contribution is 5.93. The van der Waals surface area contributed by atoms with Crippen LogP contribution in [-0.4, -0.2) is 92.7 Å². The lowest BCUT2D eigenvalue weighted by Gasteiger charge is -2.29. The van der Waals surface area contributed by atoms with E-state index in [0.717, 1.165) is 123 Å². The Morgan fingerprint density at radius 3 is 2.02 bits per heavy atom. The van der Waals surface area contributed by atoms with E-state index in [0.29, 0.717) is 12.1 Å². The number of amides is 1. The van der Waals surface area contributed by atoms with Gasteiger partial charge in [-0.15, -0.1) is 0 Å². The first kappa shape index (κ1) is 39.1. The number of hydrogen-bond acceptors (Lipinski definition) is 6. The van der Waals surface area contributed by atoms with Gasteiger partial charge in [0.1, 0.15) is 0 Å². The molecule has 1 aliphatic rings. The fraction of sp³-hybridized carbons (Fsp3) is 0.538. The second kappa shape index (κ2) is 29.3. The quantitative estimate of drug-likeness (QED) is 0.0805. The molecule has 3 N–H and O–H groups in total. The van der Waals surface area contributed by atoms with Crippen molar-refractivity contribution in [1.82, 2.24) is 30.7 Å². The fourth-order valence-corrected chi connectivity index (χ4v) is 5.06. The molecule has 1 saturated heterocycles. The molecule has 254 valence electrons. The summed E-state index contributed by atoms with van der Waals surface area (Å²) in [5, 5.41) is 10.1. The second-order valence-electron chi connectivity index (χ2n) is 11.6. The summed E-state index contributed by atoms with van der Waals surface area (Å²) in [4.78, 5) is 21.5. The van der Waals surface area contributed by atoms with Crippen LogP contribution < -0.4 is 16.0 Å². The molecule has 46 heavy (non-hydrogen) atoms. The summed E-state index contributed by atoms with van der Waals surface area (Å²) in [6.07, 6.45) is 39.8. The Balaban J connectivity index is 1.50. The number of hydrogen-bond donors (Lipinski definition) is 3. The van der Waals surface area contributed by atoms with E-state index in [-0.39, 0.29) is 5.91 Å². The van der Waals surface area contributed by atoms with Crippen molar-refractivity contribution in [2.24, 2.45) is 0 Å². The third-order valence-electron chi connectivity index (χ3n) is 7.72. The van der Waals surface area contributed by atoms with Gasteiger partial charge >= 0.3 is 0 Å². The van der Waals surface area contributed by atoms with E-state index in [1.165, 1.54) is 0 Å². The van der Waals surface area contributed by atoms with Gasteiger partial charge in [-0.2, -0.15) is 0 Å². The minimum Gasteiger partial charge on any atom is -0.351 e. The van der Waals surface area contributed by atoms with Gasteiger partial charge in [-0.3, -0.25) is 9.78 Å². The molecule has 1 fully saturated rings. The van der Waals surface area contributed by atoms with E-state index < -0.39 is 0 Å². The Morgan fingerprint density at radius 1 is 0.804 bits per heavy atom. The van der Waals surface area contributed by atoms with Crippen molar-refractivity contribution in [2.75, 3.05) is 72.0 Å². The molecule has 2 rings (SSSR count). The number of carbonyl (C=O) groups is 1. The lowest BCUT2D eigenvalue weighted by molar-refractivity contribution is 0.0947. The molecular weight excluding hydrogens is 568 g/mol. The summed E-state index contributed by atoms with van der Waals surface area (Å²) >= 11 is 0. The van der Waals surface area contributed by atoms with Gasteiger partial charge < -0.3 is 25.8 Å². The summed E-state index contributed by atoms with van der Waals surface area (Å²) in [6.45, 7) is 13.3. The first-order valence-corrected chi connectivity index (χ1v) is 17.7. The van der Waals surface area contributed by atoms with Gasteiger partial charge in [0, 0.05) is 64.8 Å². The molecule has 7 nitrogen and oxygen atoms in total. The Hall–Kier alpha value is -3.10. The standard InChI is InChI=1S/C39H62N6O/c1-2-3-4-5-6-7-8-9-10-11-12-13-14-15-16-17-18-19-20-21-25-40-27-33-45(32-23-31-44-34-28-41-29-35-44)36-30-43-39(46)38-24-22-26-42-37-38/h3-4,6-7,9-10,12-13,15-16,18-19,22,24,26,37,40-41H,2,5,8,11,14,17,20-21,23,25,27-36H2,1H3,(H,43,46)/b4-3-,7-6-,10-9-,13-12-,16-15-,19-18-. The summed E-state index contributed by atoms with van der Waals surface area (Å²) < 4.78 is 0. The monoisotopic (exact) mass is 630 g/mol. The van der Waals surface area contributed by atoms with Gasteiger partial charge in [-0.25, -0.2) is 0 Å². The van der Waals surface area contributed by atoms with Crippen LogP contribution >= 0.6 is 0 Å². The van der Waals surface area contributed by atoms with E-state index in [4.69, 9.17) is 0 Å². The Morgan fingerprint density at radius 2 is 1.41 bits per heavy atom. The van der Waals surface area contributed by atoms with Gasteiger partial charge in [0.2, 0.25) is 0 Å². The van der Waals surface area contributed by atoms with Crippen LogP contribution in [0.4, 0.5) is 0 Å². The summed E-state index contributed by atoms with van der Waals surface area (Å²) in [7, 11) is 0. The van der Waals surface area contributed by atoms with Crippen LogP contribution in [0.2, 0.25) is 0 Å². The second-order valence-corrected chi connectivity index (χ2v) is 11.6. The van der Waals surface area contributed by atoms with Crippen LogP contribution in [0.25, 0.3) is 0 Å². The third-order valence-corrected chi connectivity index (χ3v) is 7.72. The molecule has 0 unspecified atom stereocenters. The van der Waals surface area contributed by atoms with Crippen LogP contribution in [0.15, 0.2) is 97.4 Å². The highest BCUT2D eigenvalue weighted by Gasteiger charge is 2.11. The number of piperazine rings is 1. The zero-order chi connectivity index (χ0) is 32.6. The van der Waals surface area contributed by atoms with Crippen LogP contribution in [0, 0.1) is 0 Å². The molecule has 1 aromatic heterocycles. The zero-order valence-corrected chi connectivity index (χ0v) is 28.6. The first-order valence-electron chi connectivity index (χ1n) is 17.7. The van der Waals surface area contributed by atoms with Crippen molar-refractivity contribution in [3.8, 4) is 0 Å². The molecule has 0 bridgehead atoms. The molecule has 1 aromatic rings. The van der Waals surface area contributed by atoms with E-state index in [9.17, 15) is 4.79 Å². The van der Waals surface area contributed by atoms with Crippen LogP contribution in [0.5, 0.6) is 0 Å². The van der Waals surface area contributed by atoms with Gasteiger partial charge in [0.25, 0.3) is 5.91 Å². The minimum absolute atomic E-state index is 0.0543. The molecule has 1 amide bonds. The SMILES string of the molecule is CC/C=C\C/C=C\C/C=C\C/C=C\C/C=C\C/C=C\CCCNCCN(CCCN1CCNCC1)CCNC(=O)c1cccnc1. The van der Waals surface area contributed by atoms with Crippen molar-refractivity contribution in [3.63, 3.8) is 0 Å². The predicted molar refractivity (Wildman–Crippen MR) is 197 cm³/mol. The minimum atomic E-state index is -0.0543. The van der Waals surface area contributed by atoms with Gasteiger partial charge in [-0.1, -0.05) is 79.8 Å². The Kier molecular flexibility index (Phi) is 24.9. The van der Waals surface area contributed by atoms with Crippen molar-refractivity contribution in [1.29, 1.82) is 0 Å². The number of unbranched alkanes of at least 4 members (excludes halogenated alkanes) is 1. The molecule has 0 spiro atoms. The molecule has 0 saturated carbocycles. The molecular formula is C39H62N6O. The number of pyridine rings is 1. The van der Waals surface area contributed by atoms with Crippen molar-refractivity contribution >= 4 is 5.91 Å². The first-order chi connectivity index (χ1) is 22.8. The summed E-state index contributed by atoms with van der Waals surface area (Å²) in [5.41, 5.74) is 0.612. The van der Waals surface area contributed by atoms with Crippen molar-refractivity contribution in [3.05, 3.63) is 103 Å². The average Bonchev–Trinajstić information content (AvgIpc) is 3.09. The summed E-state index contributed by atoms with van der Waals surface area (Å²) in [5.74, 6) is -0.0543. The Bertz CT molecular complexity index is 1040. The maximum atomic E-state index is 12.4. The maximum absolute atomic E-state index is 12.4. The lowest BCUT2D eigenvalue weighted by Crippen LogP contribution is -2.45. The van der Waals surface area contributed by atoms with Crippen LogP contribution in [0.1, 0.15) is 75.1 Å². The number of nitrogens with one attached hydrogen (secondary N) is 3. The predicted octanol–water partition coefficient (Wildman–Crippen LogP) is 6.48. The van der Waals surface area contributed by atoms with Crippen LogP contribution in [-0.2, 0) is 0 Å². The van der Waals surface area contributed by atoms with E-state index in [1.807, 2.05) is 0 Å². The number of allylic oxidation sites excluding steroid dienone is 12. The topological polar surface area (TPSA) is 72.5 Å². The number of aromatic nitrogens is 1. The molecule has 0 aliphatic carbocycles. The number of rotatable bonds is 26. The molecule has 0 atom stereocenters. The molecule has 7 heteroatoms. The summed E-state index contributed by atoms with van der Waals surface area (Å²) in [6, 6.07) is 3.60. The molecule has 0 aromatic carbocycles.